The molecule has 4 N–H and O–H groups in total. The molecule has 0 aliphatic carbocycles. The van der Waals surface area contributed by atoms with Gasteiger partial charge in [-0.05, 0) is 36.0 Å². The third-order valence-corrected chi connectivity index (χ3v) is 3.65. The highest BCUT2D eigenvalue weighted by atomic mass is 16.3. The lowest BCUT2D eigenvalue weighted by molar-refractivity contribution is -0.124. The number of aryl methyl sites for hydroxylation is 1. The van der Waals surface area contributed by atoms with Gasteiger partial charge in [0.05, 0.1) is 18.8 Å². The molecule has 0 radical (unpaired) electrons. The third-order valence-electron chi connectivity index (χ3n) is 3.65. The molecule has 5 heteroatoms. The van der Waals surface area contributed by atoms with Crippen LogP contribution >= 0.6 is 0 Å². The molecule has 0 spiro atoms. The number of carbonyl (C=O) groups excluding carboxylic acids is 1. The number of aromatic hydroxyl groups is 1. The van der Waals surface area contributed by atoms with Crippen LogP contribution in [0.5, 0.6) is 5.75 Å². The molecule has 0 unspecified atom stereocenters. The number of hydrogen-bond acceptors (Lipinski definition) is 4. The zero-order valence-corrected chi connectivity index (χ0v) is 13.8. The number of aliphatic hydroxyl groups excluding tert-OH is 2. The Bertz CT molecular complexity index is 516. The fourth-order valence-corrected chi connectivity index (χ4v) is 2.13. The number of phenolic OH excluding ortho intramolecular Hbond substituents is 1. The van der Waals surface area contributed by atoms with Gasteiger partial charge in [-0.15, -0.1) is 0 Å². The van der Waals surface area contributed by atoms with Crippen LogP contribution in [0.15, 0.2) is 18.2 Å². The van der Waals surface area contributed by atoms with Crippen molar-refractivity contribution in [2.24, 2.45) is 0 Å². The fourth-order valence-electron chi connectivity index (χ4n) is 2.13. The van der Waals surface area contributed by atoms with Crippen LogP contribution in [0.4, 0.5) is 0 Å². The Labute approximate surface area is 132 Å². The SMILES string of the molecule is CC(CO)(CO)NC(=O)CCc1ccc(O)c(C(C)(C)C)c1. The van der Waals surface area contributed by atoms with Gasteiger partial charge in [0, 0.05) is 6.42 Å². The molecule has 0 saturated heterocycles. The normalized spacial score (nSPS) is 12.3. The monoisotopic (exact) mass is 309 g/mol. The average molecular weight is 309 g/mol. The first kappa shape index (κ1) is 18.5. The van der Waals surface area contributed by atoms with Crippen molar-refractivity contribution in [1.29, 1.82) is 0 Å². The van der Waals surface area contributed by atoms with Crippen molar-refractivity contribution in [2.45, 2.75) is 51.5 Å². The van der Waals surface area contributed by atoms with Crippen LogP contribution in [0.1, 0.15) is 45.2 Å². The van der Waals surface area contributed by atoms with Crippen LogP contribution in [0.3, 0.4) is 0 Å². The second kappa shape index (κ2) is 7.11. The highest BCUT2D eigenvalue weighted by molar-refractivity contribution is 5.77. The van der Waals surface area contributed by atoms with Gasteiger partial charge >= 0.3 is 0 Å². The van der Waals surface area contributed by atoms with E-state index in [1.807, 2.05) is 26.8 Å². The summed E-state index contributed by atoms with van der Waals surface area (Å²) >= 11 is 0. The van der Waals surface area contributed by atoms with E-state index in [1.54, 1.807) is 19.1 Å². The summed E-state index contributed by atoms with van der Waals surface area (Å²) in [5.74, 6) is 0.0322. The molecule has 0 bridgehead atoms. The van der Waals surface area contributed by atoms with Crippen molar-refractivity contribution in [2.75, 3.05) is 13.2 Å². The maximum absolute atomic E-state index is 11.9. The van der Waals surface area contributed by atoms with Crippen LogP contribution in [0.2, 0.25) is 0 Å². The molecule has 0 aromatic heterocycles. The molecule has 0 fully saturated rings. The van der Waals surface area contributed by atoms with Crippen molar-refractivity contribution in [3.8, 4) is 5.75 Å². The number of aliphatic hydroxyl groups is 2. The van der Waals surface area contributed by atoms with Gasteiger partial charge in [0.25, 0.3) is 0 Å². The predicted octanol–water partition coefficient (Wildman–Crippen LogP) is 1.48. The minimum absolute atomic E-state index is 0.172. The number of rotatable bonds is 6. The first-order chi connectivity index (χ1) is 10.1. The second-order valence-corrected chi connectivity index (χ2v) is 7.03. The van der Waals surface area contributed by atoms with Crippen LogP contribution in [-0.4, -0.2) is 40.0 Å². The molecule has 1 amide bonds. The molecule has 124 valence electrons. The number of nitrogens with one attached hydrogen (secondary N) is 1. The van der Waals surface area contributed by atoms with E-state index in [4.69, 9.17) is 0 Å². The minimum Gasteiger partial charge on any atom is -0.508 e. The van der Waals surface area contributed by atoms with Crippen molar-refractivity contribution in [1.82, 2.24) is 5.32 Å². The lowest BCUT2D eigenvalue weighted by Crippen LogP contribution is -2.51. The summed E-state index contributed by atoms with van der Waals surface area (Å²) in [6.07, 6.45) is 0.784. The van der Waals surface area contributed by atoms with Crippen molar-refractivity contribution < 1.29 is 20.1 Å². The van der Waals surface area contributed by atoms with Crippen LogP contribution < -0.4 is 5.32 Å². The zero-order valence-electron chi connectivity index (χ0n) is 13.8. The van der Waals surface area contributed by atoms with E-state index in [1.165, 1.54) is 0 Å². The summed E-state index contributed by atoms with van der Waals surface area (Å²) in [6, 6.07) is 5.37. The first-order valence-electron chi connectivity index (χ1n) is 7.46. The van der Waals surface area contributed by atoms with Gasteiger partial charge in [-0.1, -0.05) is 32.9 Å². The van der Waals surface area contributed by atoms with Crippen LogP contribution in [0, 0.1) is 0 Å². The van der Waals surface area contributed by atoms with E-state index in [2.05, 4.69) is 5.32 Å². The summed E-state index contributed by atoms with van der Waals surface area (Å²) in [5.41, 5.74) is 0.644. The molecule has 0 atom stereocenters. The molecule has 0 aliphatic rings. The molecule has 1 aromatic rings. The highest BCUT2D eigenvalue weighted by Crippen LogP contribution is 2.31. The molecule has 22 heavy (non-hydrogen) atoms. The summed E-state index contributed by atoms with van der Waals surface area (Å²) in [7, 11) is 0. The molecule has 0 heterocycles. The van der Waals surface area contributed by atoms with E-state index in [9.17, 15) is 20.1 Å². The second-order valence-electron chi connectivity index (χ2n) is 7.03. The molecule has 0 saturated carbocycles. The van der Waals surface area contributed by atoms with E-state index < -0.39 is 5.54 Å². The largest absolute Gasteiger partial charge is 0.508 e. The van der Waals surface area contributed by atoms with Gasteiger partial charge in [-0.3, -0.25) is 4.79 Å². The predicted molar refractivity (Wildman–Crippen MR) is 85.8 cm³/mol. The van der Waals surface area contributed by atoms with Crippen molar-refractivity contribution in [3.05, 3.63) is 29.3 Å². The third kappa shape index (κ3) is 5.00. The molecule has 0 aliphatic heterocycles. The Morgan fingerprint density at radius 1 is 1.14 bits per heavy atom. The van der Waals surface area contributed by atoms with E-state index in [0.29, 0.717) is 6.42 Å². The molecule has 1 aromatic carbocycles. The standard InChI is InChI=1S/C17H27NO4/c1-16(2,3)13-9-12(5-7-14(13)21)6-8-15(22)18-17(4,10-19)11-20/h5,7,9,19-21H,6,8,10-11H2,1-4H3,(H,18,22). The first-order valence-corrected chi connectivity index (χ1v) is 7.46. The molecule has 5 nitrogen and oxygen atoms in total. The Morgan fingerprint density at radius 3 is 2.23 bits per heavy atom. The van der Waals surface area contributed by atoms with Gasteiger partial charge in [0.1, 0.15) is 5.75 Å². The number of benzene rings is 1. The van der Waals surface area contributed by atoms with E-state index in [-0.39, 0.29) is 36.7 Å². The quantitative estimate of drug-likeness (QED) is 0.641. The number of phenols is 1. The number of carbonyl (C=O) groups is 1. The topological polar surface area (TPSA) is 89.8 Å². The maximum atomic E-state index is 11.9. The Kier molecular flexibility index (Phi) is 5.97. The molecular formula is C17H27NO4. The van der Waals surface area contributed by atoms with E-state index in [0.717, 1.165) is 11.1 Å². The summed E-state index contributed by atoms with van der Waals surface area (Å²) in [4.78, 5) is 11.9. The lowest BCUT2D eigenvalue weighted by atomic mass is 9.85. The van der Waals surface area contributed by atoms with Gasteiger partial charge in [0.15, 0.2) is 0 Å². The Hall–Kier alpha value is -1.59. The van der Waals surface area contributed by atoms with Gasteiger partial charge in [-0.25, -0.2) is 0 Å². The van der Waals surface area contributed by atoms with Crippen molar-refractivity contribution >= 4 is 5.91 Å². The Balaban J connectivity index is 2.71. The smallest absolute Gasteiger partial charge is 0.220 e. The fraction of sp³-hybridized carbons (Fsp3) is 0.588. The van der Waals surface area contributed by atoms with Gasteiger partial charge in [0.2, 0.25) is 5.91 Å². The van der Waals surface area contributed by atoms with Crippen LogP contribution in [-0.2, 0) is 16.6 Å². The average Bonchev–Trinajstić information content (AvgIpc) is 2.45. The summed E-state index contributed by atoms with van der Waals surface area (Å²) in [5, 5.41) is 30.9. The number of hydrogen-bond donors (Lipinski definition) is 4. The van der Waals surface area contributed by atoms with Crippen LogP contribution in [0.25, 0.3) is 0 Å². The van der Waals surface area contributed by atoms with Gasteiger partial charge < -0.3 is 20.6 Å². The summed E-state index contributed by atoms with van der Waals surface area (Å²) < 4.78 is 0. The Morgan fingerprint density at radius 2 is 1.73 bits per heavy atom. The maximum Gasteiger partial charge on any atom is 0.220 e. The molecular weight excluding hydrogens is 282 g/mol. The highest BCUT2D eigenvalue weighted by Gasteiger charge is 2.24. The zero-order chi connectivity index (χ0) is 17.0. The molecule has 1 rings (SSSR count). The lowest BCUT2D eigenvalue weighted by Gasteiger charge is -2.26. The van der Waals surface area contributed by atoms with Crippen molar-refractivity contribution in [3.63, 3.8) is 0 Å². The number of amides is 1. The minimum atomic E-state index is -0.997. The van der Waals surface area contributed by atoms with E-state index >= 15 is 0 Å². The summed E-state index contributed by atoms with van der Waals surface area (Å²) in [6.45, 7) is 7.01. The van der Waals surface area contributed by atoms with Gasteiger partial charge in [-0.2, -0.15) is 0 Å².